The fourth-order valence-corrected chi connectivity index (χ4v) is 6.08. The van der Waals surface area contributed by atoms with Crippen molar-refractivity contribution in [2.45, 2.75) is 23.6 Å². The highest BCUT2D eigenvalue weighted by atomic mass is 32.2. The van der Waals surface area contributed by atoms with E-state index in [0.29, 0.717) is 34.0 Å². The fourth-order valence-electron chi connectivity index (χ4n) is 2.99. The summed E-state index contributed by atoms with van der Waals surface area (Å²) in [5, 5.41) is 3.45. The van der Waals surface area contributed by atoms with Crippen molar-refractivity contribution in [1.82, 2.24) is 9.29 Å². The first kappa shape index (κ1) is 23.3. The number of thiazole rings is 1. The molecule has 3 aromatic rings. The molecule has 0 aliphatic rings. The van der Waals surface area contributed by atoms with E-state index in [4.69, 9.17) is 0 Å². The fraction of sp³-hybridized carbons (Fsp3) is 0.300. The zero-order valence-corrected chi connectivity index (χ0v) is 19.8. The molecule has 0 spiro atoms. The number of Topliss-reactive ketones (excluding diaryl/α,β-unsaturated/α-hetero) is 1. The second-order valence-electron chi connectivity index (χ2n) is 6.81. The lowest BCUT2D eigenvalue weighted by atomic mass is 10.1. The number of aromatic nitrogens is 1. The number of sulfone groups is 1. The van der Waals surface area contributed by atoms with Crippen LogP contribution in [0.15, 0.2) is 52.3 Å². The Hall–Kier alpha value is -2.34. The Morgan fingerprint density at radius 1 is 1.00 bits per heavy atom. The predicted octanol–water partition coefficient (Wildman–Crippen LogP) is 3.03. The molecule has 31 heavy (non-hydrogen) atoms. The van der Waals surface area contributed by atoms with Crippen molar-refractivity contribution in [3.8, 4) is 0 Å². The number of nitrogens with one attached hydrogen (secondary N) is 1. The molecule has 0 radical (unpaired) electrons. The molecule has 166 valence electrons. The first-order chi connectivity index (χ1) is 14.6. The van der Waals surface area contributed by atoms with Gasteiger partial charge in [0, 0.05) is 24.9 Å². The van der Waals surface area contributed by atoms with E-state index in [1.165, 1.54) is 46.0 Å². The van der Waals surface area contributed by atoms with Crippen molar-refractivity contribution in [3.05, 3.63) is 48.0 Å². The maximum absolute atomic E-state index is 12.5. The van der Waals surface area contributed by atoms with Gasteiger partial charge in [0.05, 0.1) is 26.6 Å². The molecule has 0 bridgehead atoms. The van der Waals surface area contributed by atoms with Crippen molar-refractivity contribution in [1.29, 1.82) is 0 Å². The normalized spacial score (nSPS) is 12.4. The minimum atomic E-state index is -3.57. The largest absolute Gasteiger partial charge is 0.354 e. The number of ketones is 1. The van der Waals surface area contributed by atoms with Crippen molar-refractivity contribution in [2.24, 2.45) is 0 Å². The van der Waals surface area contributed by atoms with Crippen LogP contribution in [-0.2, 0) is 19.9 Å². The van der Waals surface area contributed by atoms with Gasteiger partial charge in [-0.05, 0) is 42.5 Å². The van der Waals surface area contributed by atoms with Crippen LogP contribution in [0.2, 0.25) is 0 Å². The molecule has 11 heteroatoms. The van der Waals surface area contributed by atoms with Crippen LogP contribution in [-0.4, -0.2) is 57.8 Å². The minimum Gasteiger partial charge on any atom is -0.354 e. The summed E-state index contributed by atoms with van der Waals surface area (Å²) in [6.07, 6.45) is 1.14. The number of hydrogen-bond acceptors (Lipinski definition) is 8. The number of rotatable bonds is 9. The third-order valence-corrected chi connectivity index (χ3v) is 8.86. The Balaban J connectivity index is 1.71. The summed E-state index contributed by atoms with van der Waals surface area (Å²) in [7, 11) is -6.88. The molecular weight excluding hydrogens is 458 g/mol. The van der Waals surface area contributed by atoms with Crippen molar-refractivity contribution >= 4 is 52.3 Å². The summed E-state index contributed by atoms with van der Waals surface area (Å²) in [5.74, 6) is -0.220. The van der Waals surface area contributed by atoms with Crippen LogP contribution in [0.25, 0.3) is 10.2 Å². The molecule has 0 aliphatic carbocycles. The SMILES string of the molecule is CCN(CC)S(=O)(=O)c1ccc(C(=O)CNc2nc3ccc(S(C)(=O)=O)cc3s2)cc1. The molecule has 0 fully saturated rings. The zero-order chi connectivity index (χ0) is 22.8. The topological polar surface area (TPSA) is 114 Å². The maximum atomic E-state index is 12.5. The van der Waals surface area contributed by atoms with Crippen LogP contribution >= 0.6 is 11.3 Å². The average Bonchev–Trinajstić information content (AvgIpc) is 3.14. The number of nitrogens with zero attached hydrogens (tertiary/aromatic N) is 2. The van der Waals surface area contributed by atoms with Crippen LogP contribution in [0.4, 0.5) is 5.13 Å². The molecule has 0 amide bonds. The third-order valence-electron chi connectivity index (χ3n) is 4.71. The lowest BCUT2D eigenvalue weighted by molar-refractivity contribution is 0.101. The standard InChI is InChI=1S/C20H23N3O5S3/c1-4-23(5-2)31(27,28)15-8-6-14(7-9-15)18(24)13-21-20-22-17-11-10-16(30(3,25)26)12-19(17)29-20/h6-12H,4-5,13H2,1-3H3,(H,21,22). The molecule has 1 N–H and O–H groups in total. The molecular formula is C20H23N3O5S3. The zero-order valence-electron chi connectivity index (χ0n) is 17.3. The van der Waals surface area contributed by atoms with Gasteiger partial charge in [-0.3, -0.25) is 4.79 Å². The van der Waals surface area contributed by atoms with E-state index in [0.717, 1.165) is 6.26 Å². The third kappa shape index (κ3) is 5.12. The molecule has 0 saturated carbocycles. The summed E-state index contributed by atoms with van der Waals surface area (Å²) in [4.78, 5) is 17.2. The number of benzene rings is 2. The Morgan fingerprint density at radius 3 is 2.19 bits per heavy atom. The Kier molecular flexibility index (Phi) is 6.79. The number of hydrogen-bond donors (Lipinski definition) is 1. The molecule has 8 nitrogen and oxygen atoms in total. The van der Waals surface area contributed by atoms with Gasteiger partial charge in [-0.2, -0.15) is 4.31 Å². The number of anilines is 1. The van der Waals surface area contributed by atoms with Crippen molar-refractivity contribution in [3.63, 3.8) is 0 Å². The van der Waals surface area contributed by atoms with Gasteiger partial charge in [0.1, 0.15) is 0 Å². The number of carbonyl (C=O) groups excluding carboxylic acids is 1. The molecule has 3 rings (SSSR count). The lowest BCUT2D eigenvalue weighted by Crippen LogP contribution is -2.30. The van der Waals surface area contributed by atoms with Crippen molar-refractivity contribution < 1.29 is 21.6 Å². The molecule has 1 heterocycles. The minimum absolute atomic E-state index is 0.0269. The van der Waals surface area contributed by atoms with Crippen LogP contribution in [0.1, 0.15) is 24.2 Å². The Labute approximate surface area is 185 Å². The number of carbonyl (C=O) groups is 1. The van der Waals surface area contributed by atoms with Gasteiger partial charge in [0.15, 0.2) is 20.8 Å². The van der Waals surface area contributed by atoms with Gasteiger partial charge >= 0.3 is 0 Å². The van der Waals surface area contributed by atoms with E-state index in [2.05, 4.69) is 10.3 Å². The van der Waals surface area contributed by atoms with Crippen molar-refractivity contribution in [2.75, 3.05) is 31.2 Å². The molecule has 0 unspecified atom stereocenters. The first-order valence-corrected chi connectivity index (χ1v) is 13.7. The van der Waals surface area contributed by atoms with E-state index in [9.17, 15) is 21.6 Å². The van der Waals surface area contributed by atoms with Gasteiger partial charge in [-0.15, -0.1) is 0 Å². The average molecular weight is 482 g/mol. The quantitative estimate of drug-likeness (QED) is 0.467. The highest BCUT2D eigenvalue weighted by Crippen LogP contribution is 2.28. The first-order valence-electron chi connectivity index (χ1n) is 9.54. The monoisotopic (exact) mass is 481 g/mol. The predicted molar refractivity (Wildman–Crippen MR) is 122 cm³/mol. The van der Waals surface area contributed by atoms with Crippen LogP contribution < -0.4 is 5.32 Å². The highest BCUT2D eigenvalue weighted by molar-refractivity contribution is 7.90. The van der Waals surface area contributed by atoms with E-state index in [1.54, 1.807) is 26.0 Å². The second kappa shape index (κ2) is 9.03. The van der Waals surface area contributed by atoms with Crippen LogP contribution in [0.3, 0.4) is 0 Å². The van der Waals surface area contributed by atoms with E-state index < -0.39 is 19.9 Å². The molecule has 1 aromatic heterocycles. The van der Waals surface area contributed by atoms with Gasteiger partial charge in [0.25, 0.3) is 0 Å². The summed E-state index contributed by atoms with van der Waals surface area (Å²) in [6.45, 7) is 4.26. The number of fused-ring (bicyclic) bond motifs is 1. The summed E-state index contributed by atoms with van der Waals surface area (Å²) >= 11 is 1.26. The molecule has 2 aromatic carbocycles. The summed E-state index contributed by atoms with van der Waals surface area (Å²) in [6, 6.07) is 10.6. The maximum Gasteiger partial charge on any atom is 0.243 e. The van der Waals surface area contributed by atoms with Gasteiger partial charge in [-0.1, -0.05) is 25.2 Å². The van der Waals surface area contributed by atoms with E-state index >= 15 is 0 Å². The molecule has 0 aliphatic heterocycles. The Morgan fingerprint density at radius 2 is 1.61 bits per heavy atom. The number of sulfonamides is 1. The van der Waals surface area contributed by atoms with E-state index in [-0.39, 0.29) is 22.1 Å². The van der Waals surface area contributed by atoms with E-state index in [1.807, 2.05) is 0 Å². The summed E-state index contributed by atoms with van der Waals surface area (Å²) < 4.78 is 50.5. The molecule has 0 saturated heterocycles. The Bertz CT molecular complexity index is 1310. The summed E-state index contributed by atoms with van der Waals surface area (Å²) in [5.41, 5.74) is 1.02. The van der Waals surface area contributed by atoms with Gasteiger partial charge in [-0.25, -0.2) is 21.8 Å². The second-order valence-corrected chi connectivity index (χ2v) is 11.8. The van der Waals surface area contributed by atoms with Gasteiger partial charge in [0.2, 0.25) is 10.0 Å². The van der Waals surface area contributed by atoms with Crippen LogP contribution in [0.5, 0.6) is 0 Å². The smallest absolute Gasteiger partial charge is 0.243 e. The van der Waals surface area contributed by atoms with Crippen LogP contribution in [0, 0.1) is 0 Å². The lowest BCUT2D eigenvalue weighted by Gasteiger charge is -2.18. The molecule has 0 atom stereocenters. The highest BCUT2D eigenvalue weighted by Gasteiger charge is 2.21. The van der Waals surface area contributed by atoms with Gasteiger partial charge < -0.3 is 5.32 Å².